The Hall–Kier alpha value is -1.52. The molecule has 1 atom stereocenters. The summed E-state index contributed by atoms with van der Waals surface area (Å²) in [6.07, 6.45) is 0. The molecule has 0 N–H and O–H groups in total. The maximum absolute atomic E-state index is 12.7. The van der Waals surface area contributed by atoms with E-state index in [1.165, 1.54) is 0 Å². The van der Waals surface area contributed by atoms with Gasteiger partial charge in [0.25, 0.3) is 0 Å². The summed E-state index contributed by atoms with van der Waals surface area (Å²) in [6.45, 7) is -0.404. The molecule has 0 spiro atoms. The molecule has 2 aromatic carbocycles. The van der Waals surface area contributed by atoms with Gasteiger partial charge in [0.05, 0.1) is 11.5 Å². The number of halogens is 1. The van der Waals surface area contributed by atoms with Crippen molar-refractivity contribution < 1.29 is 12.8 Å². The minimum Gasteiger partial charge on any atom is -0.282 e. The van der Waals surface area contributed by atoms with Gasteiger partial charge in [-0.1, -0.05) is 42.5 Å². The zero-order valence-electron chi connectivity index (χ0n) is 9.71. The Morgan fingerprint density at radius 3 is 2.22 bits per heavy atom. The third-order valence-corrected chi connectivity index (χ3v) is 3.51. The lowest BCUT2D eigenvalue weighted by atomic mass is 10.1. The van der Waals surface area contributed by atoms with Gasteiger partial charge in [0.1, 0.15) is 6.67 Å². The van der Waals surface area contributed by atoms with Gasteiger partial charge in [-0.15, -0.1) is 0 Å². The quantitative estimate of drug-likeness (QED) is 0.827. The highest BCUT2D eigenvalue weighted by Gasteiger charge is 2.06. The lowest BCUT2D eigenvalue weighted by Gasteiger charge is -2.06. The van der Waals surface area contributed by atoms with Crippen LogP contribution in [0.15, 0.2) is 59.5 Å². The van der Waals surface area contributed by atoms with Gasteiger partial charge in [0.15, 0.2) is 11.1 Å². The predicted octanol–water partition coefficient (Wildman–Crippen LogP) is 3.40. The van der Waals surface area contributed by atoms with Gasteiger partial charge < -0.3 is 0 Å². The van der Waals surface area contributed by atoms with Crippen molar-refractivity contribution in [1.82, 2.24) is 0 Å². The van der Waals surface area contributed by atoms with Gasteiger partial charge in [0.2, 0.25) is 0 Å². The summed E-state index contributed by atoms with van der Waals surface area (Å²) < 4.78 is 29.8. The predicted molar refractivity (Wildman–Crippen MR) is 68.9 cm³/mol. The molecule has 0 bridgehead atoms. The number of rotatable bonds is 5. The Morgan fingerprint density at radius 2 is 1.56 bits per heavy atom. The molecule has 0 saturated heterocycles. The van der Waals surface area contributed by atoms with Crippen LogP contribution in [-0.2, 0) is 28.5 Å². The van der Waals surface area contributed by atoms with E-state index in [0.717, 1.165) is 5.56 Å². The fourth-order valence-corrected chi connectivity index (χ4v) is 2.29. The summed E-state index contributed by atoms with van der Waals surface area (Å²) in [5.41, 5.74) is 1.30. The molecule has 2 nitrogen and oxygen atoms in total. The molecule has 4 heteroatoms. The van der Waals surface area contributed by atoms with E-state index < -0.39 is 17.8 Å². The van der Waals surface area contributed by atoms with E-state index in [2.05, 4.69) is 0 Å². The summed E-state index contributed by atoms with van der Waals surface area (Å²) in [7, 11) is 0. The first-order valence-electron chi connectivity index (χ1n) is 5.54. The second kappa shape index (κ2) is 6.42. The lowest BCUT2D eigenvalue weighted by Crippen LogP contribution is -2.00. The Labute approximate surface area is 108 Å². The average Bonchev–Trinajstić information content (AvgIpc) is 2.46. The van der Waals surface area contributed by atoms with Crippen molar-refractivity contribution in [2.45, 2.75) is 18.2 Å². The summed E-state index contributed by atoms with van der Waals surface area (Å²) in [6, 6.07) is 16.0. The first-order valence-corrected chi connectivity index (χ1v) is 6.61. The fourth-order valence-electron chi connectivity index (χ4n) is 1.55. The van der Waals surface area contributed by atoms with Crippen LogP contribution >= 0.6 is 0 Å². The molecule has 94 valence electrons. The number of alkyl halides is 1. The standard InChI is InChI=1S/C14H13FO2S/c15-10-12-6-4-5-7-13(12)11-17-18(16)14-8-2-1-3-9-14/h1-9H,10-11H2. The van der Waals surface area contributed by atoms with Crippen molar-refractivity contribution in [2.75, 3.05) is 0 Å². The van der Waals surface area contributed by atoms with Crippen LogP contribution in [0.3, 0.4) is 0 Å². The van der Waals surface area contributed by atoms with E-state index in [-0.39, 0.29) is 6.61 Å². The highest BCUT2D eigenvalue weighted by molar-refractivity contribution is 7.80. The number of hydrogen-bond acceptors (Lipinski definition) is 2. The molecule has 0 aromatic heterocycles. The molecule has 0 fully saturated rings. The zero-order valence-corrected chi connectivity index (χ0v) is 10.5. The van der Waals surface area contributed by atoms with E-state index >= 15 is 0 Å². The first kappa shape index (κ1) is 12.9. The van der Waals surface area contributed by atoms with E-state index in [1.807, 2.05) is 12.1 Å². The van der Waals surface area contributed by atoms with Crippen molar-refractivity contribution in [3.63, 3.8) is 0 Å². The largest absolute Gasteiger partial charge is 0.282 e. The molecule has 2 rings (SSSR count). The van der Waals surface area contributed by atoms with Gasteiger partial charge >= 0.3 is 0 Å². The Bertz CT molecular complexity index is 528. The molecule has 18 heavy (non-hydrogen) atoms. The topological polar surface area (TPSA) is 26.3 Å². The van der Waals surface area contributed by atoms with Crippen molar-refractivity contribution in [3.8, 4) is 0 Å². The first-order chi connectivity index (χ1) is 8.81. The SMILES string of the molecule is O=S(OCc1ccccc1CF)c1ccccc1. The van der Waals surface area contributed by atoms with E-state index in [1.54, 1.807) is 42.5 Å². The fraction of sp³-hybridized carbons (Fsp3) is 0.143. The van der Waals surface area contributed by atoms with Crippen LogP contribution in [0.25, 0.3) is 0 Å². The van der Waals surface area contributed by atoms with Gasteiger partial charge in [-0.25, -0.2) is 8.60 Å². The maximum atomic E-state index is 12.7. The van der Waals surface area contributed by atoms with Gasteiger partial charge in [0, 0.05) is 0 Å². The summed E-state index contributed by atoms with van der Waals surface area (Å²) >= 11 is -1.52. The molecule has 0 amide bonds. The Kier molecular flexibility index (Phi) is 4.61. The molecular weight excluding hydrogens is 251 g/mol. The Balaban J connectivity index is 2.02. The van der Waals surface area contributed by atoms with Crippen LogP contribution in [-0.4, -0.2) is 4.21 Å². The molecule has 1 unspecified atom stereocenters. The van der Waals surface area contributed by atoms with Crippen LogP contribution in [0.5, 0.6) is 0 Å². The molecule has 0 radical (unpaired) electrons. The summed E-state index contributed by atoms with van der Waals surface area (Å²) in [4.78, 5) is 0.607. The smallest absolute Gasteiger partial charge is 0.189 e. The molecule has 0 heterocycles. The average molecular weight is 264 g/mol. The maximum Gasteiger partial charge on any atom is 0.189 e. The minimum absolute atomic E-state index is 0.140. The van der Waals surface area contributed by atoms with Crippen LogP contribution in [0.1, 0.15) is 11.1 Å². The minimum atomic E-state index is -1.52. The highest BCUT2D eigenvalue weighted by Crippen LogP contribution is 2.14. The van der Waals surface area contributed by atoms with E-state index in [4.69, 9.17) is 4.18 Å². The zero-order chi connectivity index (χ0) is 12.8. The third kappa shape index (κ3) is 3.24. The van der Waals surface area contributed by atoms with Crippen molar-refractivity contribution in [1.29, 1.82) is 0 Å². The molecule has 0 aliphatic carbocycles. The molecule has 0 aliphatic heterocycles. The lowest BCUT2D eigenvalue weighted by molar-refractivity contribution is 0.333. The second-order valence-corrected chi connectivity index (χ2v) is 4.89. The monoisotopic (exact) mass is 264 g/mol. The van der Waals surface area contributed by atoms with Crippen LogP contribution in [0, 0.1) is 0 Å². The molecular formula is C14H13FO2S. The second-order valence-electron chi connectivity index (χ2n) is 3.71. The molecule has 2 aromatic rings. The van der Waals surface area contributed by atoms with Crippen molar-refractivity contribution in [3.05, 3.63) is 65.7 Å². The van der Waals surface area contributed by atoms with Crippen LogP contribution in [0.2, 0.25) is 0 Å². The molecule has 0 saturated carbocycles. The number of benzene rings is 2. The van der Waals surface area contributed by atoms with Gasteiger partial charge in [-0.2, -0.15) is 0 Å². The molecule has 0 aliphatic rings. The van der Waals surface area contributed by atoms with E-state index in [0.29, 0.717) is 10.5 Å². The van der Waals surface area contributed by atoms with Crippen LogP contribution < -0.4 is 0 Å². The normalized spacial score (nSPS) is 12.3. The third-order valence-electron chi connectivity index (χ3n) is 2.52. The van der Waals surface area contributed by atoms with Gasteiger partial charge in [-0.05, 0) is 23.3 Å². The summed E-state index contributed by atoms with van der Waals surface area (Å²) in [5, 5.41) is 0. The Morgan fingerprint density at radius 1 is 0.944 bits per heavy atom. The van der Waals surface area contributed by atoms with Gasteiger partial charge in [-0.3, -0.25) is 4.18 Å². The van der Waals surface area contributed by atoms with Crippen LogP contribution in [0.4, 0.5) is 4.39 Å². The summed E-state index contributed by atoms with van der Waals surface area (Å²) in [5.74, 6) is 0. The highest BCUT2D eigenvalue weighted by atomic mass is 32.2. The van der Waals surface area contributed by atoms with E-state index in [9.17, 15) is 8.60 Å². The number of hydrogen-bond donors (Lipinski definition) is 0. The van der Waals surface area contributed by atoms with Crippen molar-refractivity contribution >= 4 is 11.1 Å². The van der Waals surface area contributed by atoms with Crippen molar-refractivity contribution in [2.24, 2.45) is 0 Å².